The van der Waals surface area contributed by atoms with E-state index in [2.05, 4.69) is 34.3 Å². The van der Waals surface area contributed by atoms with Gasteiger partial charge in [0.15, 0.2) is 0 Å². The SMILES string of the molecule is C=CCN(CCC)c1ccc(Br)cc1C(C)O. The monoisotopic (exact) mass is 297 g/mol. The normalized spacial score (nSPS) is 12.2. The summed E-state index contributed by atoms with van der Waals surface area (Å²) in [6.45, 7) is 9.50. The molecule has 0 saturated heterocycles. The van der Waals surface area contributed by atoms with Crippen molar-refractivity contribution in [3.05, 3.63) is 40.9 Å². The van der Waals surface area contributed by atoms with Crippen LogP contribution in [0.2, 0.25) is 0 Å². The second kappa shape index (κ2) is 6.82. The molecule has 0 aliphatic carbocycles. The van der Waals surface area contributed by atoms with Crippen LogP contribution in [0.5, 0.6) is 0 Å². The summed E-state index contributed by atoms with van der Waals surface area (Å²) in [4.78, 5) is 2.24. The molecule has 0 amide bonds. The molecule has 1 N–H and O–H groups in total. The molecule has 0 bridgehead atoms. The first-order chi connectivity index (χ1) is 8.10. The fourth-order valence-electron chi connectivity index (χ4n) is 1.88. The van der Waals surface area contributed by atoms with Crippen LogP contribution in [-0.4, -0.2) is 18.2 Å². The Morgan fingerprint density at radius 2 is 2.24 bits per heavy atom. The lowest BCUT2D eigenvalue weighted by atomic mass is 10.1. The van der Waals surface area contributed by atoms with Gasteiger partial charge in [-0.3, -0.25) is 0 Å². The van der Waals surface area contributed by atoms with Crippen LogP contribution in [-0.2, 0) is 0 Å². The van der Waals surface area contributed by atoms with E-state index >= 15 is 0 Å². The maximum atomic E-state index is 9.84. The number of anilines is 1. The third-order valence-corrected chi connectivity index (χ3v) is 3.12. The van der Waals surface area contributed by atoms with E-state index in [1.807, 2.05) is 24.3 Å². The molecule has 1 unspecified atom stereocenters. The number of aliphatic hydroxyl groups excluding tert-OH is 1. The third kappa shape index (κ3) is 3.86. The van der Waals surface area contributed by atoms with Crippen LogP contribution in [0.25, 0.3) is 0 Å². The van der Waals surface area contributed by atoms with Crippen molar-refractivity contribution in [3.8, 4) is 0 Å². The molecular weight excluding hydrogens is 278 g/mol. The highest BCUT2D eigenvalue weighted by Crippen LogP contribution is 2.29. The fraction of sp³-hybridized carbons (Fsp3) is 0.429. The average molecular weight is 298 g/mol. The molecule has 3 heteroatoms. The van der Waals surface area contributed by atoms with Crippen LogP contribution in [0.4, 0.5) is 5.69 Å². The molecule has 94 valence electrons. The Morgan fingerprint density at radius 1 is 1.53 bits per heavy atom. The minimum Gasteiger partial charge on any atom is -0.389 e. The van der Waals surface area contributed by atoms with E-state index in [9.17, 15) is 5.11 Å². The lowest BCUT2D eigenvalue weighted by Crippen LogP contribution is -2.25. The molecule has 2 nitrogen and oxygen atoms in total. The minimum absolute atomic E-state index is 0.466. The molecule has 0 heterocycles. The van der Waals surface area contributed by atoms with Crippen molar-refractivity contribution >= 4 is 21.6 Å². The average Bonchev–Trinajstić information content (AvgIpc) is 2.28. The number of hydrogen-bond acceptors (Lipinski definition) is 2. The smallest absolute Gasteiger partial charge is 0.0782 e. The first kappa shape index (κ1) is 14.3. The van der Waals surface area contributed by atoms with E-state index in [1.165, 1.54) is 0 Å². The predicted molar refractivity (Wildman–Crippen MR) is 77.5 cm³/mol. The summed E-state index contributed by atoms with van der Waals surface area (Å²) in [5, 5.41) is 9.84. The van der Waals surface area contributed by atoms with E-state index < -0.39 is 6.10 Å². The molecule has 0 aliphatic heterocycles. The van der Waals surface area contributed by atoms with E-state index in [0.29, 0.717) is 0 Å². The fourth-order valence-corrected chi connectivity index (χ4v) is 2.26. The molecule has 17 heavy (non-hydrogen) atoms. The van der Waals surface area contributed by atoms with Crippen LogP contribution in [0.1, 0.15) is 31.9 Å². The third-order valence-electron chi connectivity index (χ3n) is 2.62. The zero-order valence-electron chi connectivity index (χ0n) is 10.5. The van der Waals surface area contributed by atoms with Gasteiger partial charge >= 0.3 is 0 Å². The molecule has 0 saturated carbocycles. The first-order valence-corrected chi connectivity index (χ1v) is 6.72. The minimum atomic E-state index is -0.466. The van der Waals surface area contributed by atoms with Gasteiger partial charge in [0.25, 0.3) is 0 Å². The van der Waals surface area contributed by atoms with E-state index in [0.717, 1.165) is 35.2 Å². The van der Waals surface area contributed by atoms with Gasteiger partial charge in [0.05, 0.1) is 6.10 Å². The highest BCUT2D eigenvalue weighted by atomic mass is 79.9. The largest absolute Gasteiger partial charge is 0.389 e. The van der Waals surface area contributed by atoms with Crippen molar-refractivity contribution in [1.29, 1.82) is 0 Å². The molecule has 0 aliphatic rings. The van der Waals surface area contributed by atoms with Crippen LogP contribution in [0.15, 0.2) is 35.3 Å². The lowest BCUT2D eigenvalue weighted by molar-refractivity contribution is 0.199. The van der Waals surface area contributed by atoms with Crippen molar-refractivity contribution < 1.29 is 5.11 Å². The molecule has 1 rings (SSSR count). The van der Waals surface area contributed by atoms with Crippen molar-refractivity contribution in [2.24, 2.45) is 0 Å². The van der Waals surface area contributed by atoms with E-state index in [-0.39, 0.29) is 0 Å². The maximum absolute atomic E-state index is 9.84. The summed E-state index contributed by atoms with van der Waals surface area (Å²) in [6.07, 6.45) is 2.50. The highest BCUT2D eigenvalue weighted by molar-refractivity contribution is 9.10. The standard InChI is InChI=1S/C14H20BrNO/c1-4-8-16(9-5-2)14-7-6-12(15)10-13(14)11(3)17/h4,6-7,10-11,17H,1,5,8-9H2,2-3H3. The second-order valence-electron chi connectivity index (χ2n) is 4.11. The molecule has 0 radical (unpaired) electrons. The van der Waals surface area contributed by atoms with Crippen LogP contribution < -0.4 is 4.90 Å². The van der Waals surface area contributed by atoms with Crippen molar-refractivity contribution in [1.82, 2.24) is 0 Å². The number of rotatable bonds is 6. The number of benzene rings is 1. The highest BCUT2D eigenvalue weighted by Gasteiger charge is 2.13. The maximum Gasteiger partial charge on any atom is 0.0782 e. The number of aliphatic hydroxyl groups is 1. The number of hydrogen-bond donors (Lipinski definition) is 1. The van der Waals surface area contributed by atoms with Gasteiger partial charge in [-0.25, -0.2) is 0 Å². The Morgan fingerprint density at radius 3 is 2.76 bits per heavy atom. The summed E-state index contributed by atoms with van der Waals surface area (Å²) in [5.41, 5.74) is 2.04. The lowest BCUT2D eigenvalue weighted by Gasteiger charge is -2.26. The summed E-state index contributed by atoms with van der Waals surface area (Å²) in [7, 11) is 0. The van der Waals surface area contributed by atoms with Gasteiger partial charge in [-0.15, -0.1) is 6.58 Å². The van der Waals surface area contributed by atoms with Crippen molar-refractivity contribution in [3.63, 3.8) is 0 Å². The molecule has 0 aromatic heterocycles. The molecule has 1 aromatic carbocycles. The van der Waals surface area contributed by atoms with Gasteiger partial charge in [-0.05, 0) is 31.5 Å². The Balaban J connectivity index is 3.11. The van der Waals surface area contributed by atoms with E-state index in [4.69, 9.17) is 0 Å². The van der Waals surface area contributed by atoms with Gasteiger partial charge in [0, 0.05) is 28.8 Å². The van der Waals surface area contributed by atoms with Crippen LogP contribution in [0, 0.1) is 0 Å². The molecule has 0 fully saturated rings. The molecule has 1 atom stereocenters. The quantitative estimate of drug-likeness (QED) is 0.805. The van der Waals surface area contributed by atoms with Gasteiger partial charge in [-0.2, -0.15) is 0 Å². The molecule has 1 aromatic rings. The first-order valence-electron chi connectivity index (χ1n) is 5.93. The van der Waals surface area contributed by atoms with E-state index in [1.54, 1.807) is 6.92 Å². The summed E-state index contributed by atoms with van der Waals surface area (Å²) in [6, 6.07) is 6.03. The zero-order chi connectivity index (χ0) is 12.8. The summed E-state index contributed by atoms with van der Waals surface area (Å²) < 4.78 is 0.993. The van der Waals surface area contributed by atoms with Crippen LogP contribution >= 0.6 is 15.9 Å². The Labute approximate surface area is 112 Å². The number of halogens is 1. The summed E-state index contributed by atoms with van der Waals surface area (Å²) in [5.74, 6) is 0. The molecular formula is C14H20BrNO. The van der Waals surface area contributed by atoms with Gasteiger partial charge in [-0.1, -0.05) is 28.9 Å². The zero-order valence-corrected chi connectivity index (χ0v) is 12.1. The number of nitrogens with zero attached hydrogens (tertiary/aromatic N) is 1. The summed E-state index contributed by atoms with van der Waals surface area (Å²) >= 11 is 3.44. The predicted octanol–water partition coefficient (Wildman–Crippen LogP) is 3.90. The van der Waals surface area contributed by atoms with Gasteiger partial charge in [0.1, 0.15) is 0 Å². The Kier molecular flexibility index (Phi) is 5.72. The molecule has 0 spiro atoms. The van der Waals surface area contributed by atoms with Crippen molar-refractivity contribution in [2.45, 2.75) is 26.4 Å². The van der Waals surface area contributed by atoms with Crippen LogP contribution in [0.3, 0.4) is 0 Å². The van der Waals surface area contributed by atoms with Crippen molar-refractivity contribution in [2.75, 3.05) is 18.0 Å². The Bertz CT molecular complexity index is 376. The van der Waals surface area contributed by atoms with Gasteiger partial charge in [0.2, 0.25) is 0 Å². The van der Waals surface area contributed by atoms with Gasteiger partial charge < -0.3 is 10.0 Å². The Hall–Kier alpha value is -0.800. The second-order valence-corrected chi connectivity index (χ2v) is 5.03. The topological polar surface area (TPSA) is 23.5 Å².